The number of hydrogen-bond acceptors (Lipinski definition) is 5. The van der Waals surface area contributed by atoms with Crippen LogP contribution in [0, 0.1) is 11.8 Å². The van der Waals surface area contributed by atoms with Crippen LogP contribution in [0.3, 0.4) is 0 Å². The first-order chi connectivity index (χ1) is 13.3. The second-order valence-electron chi connectivity index (χ2n) is 7.90. The van der Waals surface area contributed by atoms with Crippen molar-refractivity contribution in [3.8, 4) is 0 Å². The zero-order valence-corrected chi connectivity index (χ0v) is 17.9. The van der Waals surface area contributed by atoms with Crippen molar-refractivity contribution in [2.24, 2.45) is 11.8 Å². The SMILES string of the molecule is CCC(C)C(=O)C1CCC(NC(=O)COCCNC(=O)CCOC(C)C)CC1. The first kappa shape index (κ1) is 24.6. The smallest absolute Gasteiger partial charge is 0.246 e. The summed E-state index contributed by atoms with van der Waals surface area (Å²) in [6.45, 7) is 8.94. The van der Waals surface area contributed by atoms with Crippen LogP contribution in [0.5, 0.6) is 0 Å². The van der Waals surface area contributed by atoms with Crippen LogP contribution in [0.1, 0.15) is 66.2 Å². The van der Waals surface area contributed by atoms with Crippen molar-refractivity contribution in [2.45, 2.75) is 78.4 Å². The van der Waals surface area contributed by atoms with Crippen LogP contribution in [-0.4, -0.2) is 56.1 Å². The molecule has 1 aliphatic carbocycles. The van der Waals surface area contributed by atoms with E-state index >= 15 is 0 Å². The van der Waals surface area contributed by atoms with Crippen LogP contribution in [-0.2, 0) is 23.9 Å². The summed E-state index contributed by atoms with van der Waals surface area (Å²) >= 11 is 0. The highest BCUT2D eigenvalue weighted by Crippen LogP contribution is 2.27. The van der Waals surface area contributed by atoms with E-state index in [9.17, 15) is 14.4 Å². The largest absolute Gasteiger partial charge is 0.378 e. The summed E-state index contributed by atoms with van der Waals surface area (Å²) < 4.78 is 10.6. The van der Waals surface area contributed by atoms with E-state index < -0.39 is 0 Å². The van der Waals surface area contributed by atoms with Gasteiger partial charge < -0.3 is 20.1 Å². The van der Waals surface area contributed by atoms with E-state index in [2.05, 4.69) is 10.6 Å². The van der Waals surface area contributed by atoms with Crippen LogP contribution in [0.25, 0.3) is 0 Å². The second-order valence-corrected chi connectivity index (χ2v) is 7.90. The topological polar surface area (TPSA) is 93.7 Å². The normalized spacial score (nSPS) is 20.6. The molecular weight excluding hydrogens is 360 g/mol. The summed E-state index contributed by atoms with van der Waals surface area (Å²) in [5, 5.41) is 5.71. The summed E-state index contributed by atoms with van der Waals surface area (Å²) in [5.74, 6) is 0.417. The van der Waals surface area contributed by atoms with Crippen molar-refractivity contribution in [3.63, 3.8) is 0 Å². The average Bonchev–Trinajstić information content (AvgIpc) is 2.66. The molecule has 2 N–H and O–H groups in total. The van der Waals surface area contributed by atoms with Crippen molar-refractivity contribution in [2.75, 3.05) is 26.4 Å². The molecule has 0 heterocycles. The molecule has 1 unspecified atom stereocenters. The minimum atomic E-state index is -0.145. The van der Waals surface area contributed by atoms with Gasteiger partial charge in [-0.05, 0) is 46.0 Å². The van der Waals surface area contributed by atoms with Gasteiger partial charge in [0.25, 0.3) is 0 Å². The van der Waals surface area contributed by atoms with Crippen molar-refractivity contribution < 1.29 is 23.9 Å². The zero-order valence-electron chi connectivity index (χ0n) is 17.9. The van der Waals surface area contributed by atoms with E-state index in [0.29, 0.717) is 32.0 Å². The molecule has 1 fully saturated rings. The minimum absolute atomic E-state index is 0.0158. The van der Waals surface area contributed by atoms with E-state index in [1.54, 1.807) is 0 Å². The molecule has 162 valence electrons. The van der Waals surface area contributed by atoms with Gasteiger partial charge in [0.05, 0.1) is 19.3 Å². The molecule has 0 bridgehead atoms. The lowest BCUT2D eigenvalue weighted by Crippen LogP contribution is -2.41. The number of carbonyl (C=O) groups is 3. The van der Waals surface area contributed by atoms with E-state index in [0.717, 1.165) is 32.1 Å². The molecule has 0 radical (unpaired) electrons. The maximum atomic E-state index is 12.3. The molecule has 1 aliphatic rings. The van der Waals surface area contributed by atoms with Crippen LogP contribution in [0.4, 0.5) is 0 Å². The molecule has 0 aliphatic heterocycles. The van der Waals surface area contributed by atoms with E-state index in [4.69, 9.17) is 9.47 Å². The number of carbonyl (C=O) groups excluding carboxylic acids is 3. The van der Waals surface area contributed by atoms with Crippen LogP contribution < -0.4 is 10.6 Å². The lowest BCUT2D eigenvalue weighted by atomic mass is 9.79. The highest BCUT2D eigenvalue weighted by atomic mass is 16.5. The number of Topliss-reactive ketones (excluding diaryl/α,β-unsaturated/α-hetero) is 1. The predicted molar refractivity (Wildman–Crippen MR) is 108 cm³/mol. The lowest BCUT2D eigenvalue weighted by molar-refractivity contribution is -0.128. The Kier molecular flexibility index (Phi) is 12.0. The number of ether oxygens (including phenoxy) is 2. The highest BCUT2D eigenvalue weighted by Gasteiger charge is 2.28. The van der Waals surface area contributed by atoms with Crippen LogP contribution in [0.2, 0.25) is 0 Å². The Morgan fingerprint density at radius 1 is 1.00 bits per heavy atom. The summed E-state index contributed by atoms with van der Waals surface area (Å²) in [4.78, 5) is 35.8. The molecule has 1 rings (SSSR count). The number of amides is 2. The monoisotopic (exact) mass is 398 g/mol. The molecule has 0 aromatic rings. The lowest BCUT2D eigenvalue weighted by Gasteiger charge is -2.29. The van der Waals surface area contributed by atoms with Gasteiger partial charge in [0, 0.05) is 30.8 Å². The van der Waals surface area contributed by atoms with Gasteiger partial charge in [0.1, 0.15) is 12.4 Å². The maximum Gasteiger partial charge on any atom is 0.246 e. The Hall–Kier alpha value is -1.47. The fraction of sp³-hybridized carbons (Fsp3) is 0.857. The fourth-order valence-corrected chi connectivity index (χ4v) is 3.30. The molecule has 7 heteroatoms. The fourth-order valence-electron chi connectivity index (χ4n) is 3.30. The summed E-state index contributed by atoms with van der Waals surface area (Å²) in [6, 6.07) is 0.123. The Labute approximate surface area is 169 Å². The van der Waals surface area contributed by atoms with E-state index in [1.807, 2.05) is 27.7 Å². The Morgan fingerprint density at radius 2 is 1.68 bits per heavy atom. The van der Waals surface area contributed by atoms with Gasteiger partial charge in [-0.15, -0.1) is 0 Å². The third kappa shape index (κ3) is 10.2. The van der Waals surface area contributed by atoms with Gasteiger partial charge in [0.15, 0.2) is 0 Å². The first-order valence-corrected chi connectivity index (χ1v) is 10.6. The standard InChI is InChI=1S/C21H38N2O5/c1-5-16(4)21(26)17-6-8-18(9-7-17)23-20(25)14-27-13-11-22-19(24)10-12-28-15(2)3/h15-18H,5-14H2,1-4H3,(H,22,24)(H,23,25). The van der Waals surface area contributed by atoms with E-state index in [1.165, 1.54) is 0 Å². The van der Waals surface area contributed by atoms with Crippen molar-refractivity contribution >= 4 is 17.6 Å². The van der Waals surface area contributed by atoms with Gasteiger partial charge in [-0.25, -0.2) is 0 Å². The molecule has 0 spiro atoms. The quantitative estimate of drug-likeness (QED) is 0.464. The Bertz CT molecular complexity index is 487. The summed E-state index contributed by atoms with van der Waals surface area (Å²) in [6.07, 6.45) is 4.70. The molecule has 0 aromatic heterocycles. The number of nitrogens with one attached hydrogen (secondary N) is 2. The van der Waals surface area contributed by atoms with Gasteiger partial charge in [-0.1, -0.05) is 13.8 Å². The van der Waals surface area contributed by atoms with Crippen molar-refractivity contribution in [1.29, 1.82) is 0 Å². The third-order valence-electron chi connectivity index (χ3n) is 5.17. The molecule has 1 atom stereocenters. The van der Waals surface area contributed by atoms with E-state index in [-0.39, 0.29) is 42.4 Å². The molecular formula is C21H38N2O5. The molecule has 28 heavy (non-hydrogen) atoms. The van der Waals surface area contributed by atoms with Gasteiger partial charge in [0.2, 0.25) is 11.8 Å². The number of ketones is 1. The van der Waals surface area contributed by atoms with Crippen molar-refractivity contribution in [3.05, 3.63) is 0 Å². The van der Waals surface area contributed by atoms with Crippen molar-refractivity contribution in [1.82, 2.24) is 10.6 Å². The maximum absolute atomic E-state index is 12.3. The third-order valence-corrected chi connectivity index (χ3v) is 5.17. The molecule has 7 nitrogen and oxygen atoms in total. The second kappa shape index (κ2) is 13.7. The molecule has 2 amide bonds. The van der Waals surface area contributed by atoms with Crippen LogP contribution in [0.15, 0.2) is 0 Å². The van der Waals surface area contributed by atoms with Crippen LogP contribution >= 0.6 is 0 Å². The number of hydrogen-bond donors (Lipinski definition) is 2. The number of rotatable bonds is 13. The molecule has 0 saturated heterocycles. The summed E-state index contributed by atoms with van der Waals surface area (Å²) in [5.41, 5.74) is 0. The Morgan fingerprint density at radius 3 is 2.29 bits per heavy atom. The minimum Gasteiger partial charge on any atom is -0.378 e. The van der Waals surface area contributed by atoms with Gasteiger partial charge in [-0.2, -0.15) is 0 Å². The summed E-state index contributed by atoms with van der Waals surface area (Å²) in [7, 11) is 0. The highest BCUT2D eigenvalue weighted by molar-refractivity contribution is 5.83. The Balaban J connectivity index is 2.07. The zero-order chi connectivity index (χ0) is 20.9. The predicted octanol–water partition coefficient (Wildman–Crippen LogP) is 2.22. The first-order valence-electron chi connectivity index (χ1n) is 10.6. The van der Waals surface area contributed by atoms with Gasteiger partial charge >= 0.3 is 0 Å². The molecule has 0 aromatic carbocycles. The van der Waals surface area contributed by atoms with Gasteiger partial charge in [-0.3, -0.25) is 14.4 Å². The molecule has 1 saturated carbocycles. The average molecular weight is 399 g/mol.